The fraction of sp³-hybridized carbons (Fsp3) is 0.562. The number of benzene rings is 1. The van der Waals surface area contributed by atoms with E-state index >= 15 is 0 Å². The van der Waals surface area contributed by atoms with Crippen LogP contribution in [-0.2, 0) is 11.2 Å². The Hall–Kier alpha value is -1.55. The maximum Gasteiger partial charge on any atom is 0.260 e. The number of aryl methyl sites for hydroxylation is 1. The van der Waals surface area contributed by atoms with Crippen molar-refractivity contribution in [3.05, 3.63) is 29.3 Å². The number of nitrogens with two attached hydrogens (primary N) is 1. The van der Waals surface area contributed by atoms with Gasteiger partial charge in [0.25, 0.3) is 5.91 Å². The van der Waals surface area contributed by atoms with Gasteiger partial charge in [0.05, 0.1) is 0 Å². The highest BCUT2D eigenvalue weighted by Crippen LogP contribution is 2.31. The molecule has 1 amide bonds. The number of likely N-dealkylation sites (N-methyl/N-ethyl adjacent to an activating group) is 1. The summed E-state index contributed by atoms with van der Waals surface area (Å²) in [6.07, 6.45) is 5.51. The number of hydrogen-bond acceptors (Lipinski definition) is 3. The zero-order valence-corrected chi connectivity index (χ0v) is 12.0. The van der Waals surface area contributed by atoms with Crippen LogP contribution in [0.5, 0.6) is 5.75 Å². The van der Waals surface area contributed by atoms with Crippen LogP contribution in [0.25, 0.3) is 0 Å². The topological polar surface area (TPSA) is 55.6 Å². The van der Waals surface area contributed by atoms with E-state index in [1.165, 1.54) is 11.1 Å². The van der Waals surface area contributed by atoms with E-state index in [1.54, 1.807) is 4.90 Å². The first-order valence-corrected chi connectivity index (χ1v) is 7.42. The molecule has 0 spiro atoms. The summed E-state index contributed by atoms with van der Waals surface area (Å²) in [6, 6.07) is 6.57. The Labute approximate surface area is 119 Å². The molecular formula is C16H22N2O2. The van der Waals surface area contributed by atoms with Crippen molar-refractivity contribution in [1.82, 2.24) is 4.90 Å². The second-order valence-electron chi connectivity index (χ2n) is 5.88. The zero-order chi connectivity index (χ0) is 14.1. The molecule has 1 fully saturated rings. The minimum atomic E-state index is 0.0505. The molecule has 1 aromatic carbocycles. The molecule has 1 saturated carbocycles. The Morgan fingerprint density at radius 3 is 2.95 bits per heavy atom. The summed E-state index contributed by atoms with van der Waals surface area (Å²) in [6.45, 7) is 0.112. The maximum atomic E-state index is 11.9. The molecule has 4 heteroatoms. The Balaban J connectivity index is 1.63. The molecule has 4 nitrogen and oxygen atoms in total. The number of ether oxygens (including phenoxy) is 1. The van der Waals surface area contributed by atoms with E-state index in [9.17, 15) is 4.79 Å². The van der Waals surface area contributed by atoms with Crippen LogP contribution < -0.4 is 10.5 Å². The van der Waals surface area contributed by atoms with Crippen molar-refractivity contribution in [2.45, 2.75) is 44.2 Å². The van der Waals surface area contributed by atoms with Crippen LogP contribution in [-0.4, -0.2) is 30.5 Å². The second-order valence-corrected chi connectivity index (χ2v) is 5.88. The Morgan fingerprint density at radius 1 is 1.40 bits per heavy atom. The fourth-order valence-electron chi connectivity index (χ4n) is 2.82. The van der Waals surface area contributed by atoms with Crippen LogP contribution in [0.2, 0.25) is 0 Å². The molecule has 0 heterocycles. The minimum Gasteiger partial charge on any atom is -0.484 e. The van der Waals surface area contributed by atoms with Gasteiger partial charge in [-0.3, -0.25) is 4.79 Å². The first-order valence-electron chi connectivity index (χ1n) is 7.42. The average Bonchev–Trinajstić information content (AvgIpc) is 3.29. The van der Waals surface area contributed by atoms with Crippen LogP contribution in [0.15, 0.2) is 18.2 Å². The van der Waals surface area contributed by atoms with Crippen LogP contribution >= 0.6 is 0 Å². The van der Waals surface area contributed by atoms with Crippen molar-refractivity contribution < 1.29 is 9.53 Å². The van der Waals surface area contributed by atoms with E-state index in [2.05, 4.69) is 6.07 Å². The summed E-state index contributed by atoms with van der Waals surface area (Å²) in [5.41, 5.74) is 8.63. The van der Waals surface area contributed by atoms with E-state index < -0.39 is 0 Å². The smallest absolute Gasteiger partial charge is 0.260 e. The number of nitrogens with zero attached hydrogens (tertiary/aromatic N) is 1. The van der Waals surface area contributed by atoms with E-state index in [1.807, 2.05) is 19.2 Å². The van der Waals surface area contributed by atoms with Crippen LogP contribution in [0.3, 0.4) is 0 Å². The molecule has 0 radical (unpaired) electrons. The van der Waals surface area contributed by atoms with Gasteiger partial charge in [-0.2, -0.15) is 0 Å². The summed E-state index contributed by atoms with van der Waals surface area (Å²) in [5.74, 6) is 0.799. The van der Waals surface area contributed by atoms with Crippen LogP contribution in [0.1, 0.15) is 42.9 Å². The molecule has 2 aliphatic rings. The maximum absolute atomic E-state index is 11.9. The predicted molar refractivity (Wildman–Crippen MR) is 77.6 cm³/mol. The lowest BCUT2D eigenvalue weighted by atomic mass is 9.88. The largest absolute Gasteiger partial charge is 0.484 e. The third-order valence-corrected chi connectivity index (χ3v) is 4.33. The number of hydrogen-bond donors (Lipinski definition) is 1. The first kappa shape index (κ1) is 13.4. The molecule has 20 heavy (non-hydrogen) atoms. The molecule has 0 saturated heterocycles. The quantitative estimate of drug-likeness (QED) is 0.914. The highest BCUT2D eigenvalue weighted by Gasteiger charge is 2.29. The number of amides is 1. The molecule has 0 bridgehead atoms. The van der Waals surface area contributed by atoms with Gasteiger partial charge in [0.15, 0.2) is 6.61 Å². The lowest BCUT2D eigenvalue weighted by molar-refractivity contribution is -0.132. The predicted octanol–water partition coefficient (Wildman–Crippen LogP) is 2.02. The van der Waals surface area contributed by atoms with Crippen LogP contribution in [0.4, 0.5) is 0 Å². The third-order valence-electron chi connectivity index (χ3n) is 4.33. The summed E-state index contributed by atoms with van der Waals surface area (Å²) in [4.78, 5) is 13.7. The van der Waals surface area contributed by atoms with Crippen molar-refractivity contribution in [2.24, 2.45) is 5.73 Å². The van der Waals surface area contributed by atoms with Gasteiger partial charge in [0, 0.05) is 19.1 Å². The summed E-state index contributed by atoms with van der Waals surface area (Å²) >= 11 is 0. The number of fused-ring (bicyclic) bond motifs is 1. The lowest BCUT2D eigenvalue weighted by Gasteiger charge is -2.23. The number of carbonyl (C=O) groups is 1. The minimum absolute atomic E-state index is 0.0505. The van der Waals surface area contributed by atoms with Gasteiger partial charge in [-0.1, -0.05) is 6.07 Å². The molecule has 3 rings (SSSR count). The number of carbonyl (C=O) groups excluding carboxylic acids is 1. The van der Waals surface area contributed by atoms with Gasteiger partial charge in [0.2, 0.25) is 0 Å². The standard InChI is InChI=1S/C16H22N2O2/c1-18(12-6-7-12)16(19)10-20-13-8-5-11-3-2-4-15(17)14(11)9-13/h5,8-9,12,15H,2-4,6-7,10,17H2,1H3/t15-/m0/s1. The van der Waals surface area contributed by atoms with Crippen molar-refractivity contribution in [3.63, 3.8) is 0 Å². The highest BCUT2D eigenvalue weighted by atomic mass is 16.5. The monoisotopic (exact) mass is 274 g/mol. The zero-order valence-electron chi connectivity index (χ0n) is 12.0. The van der Waals surface area contributed by atoms with Crippen molar-refractivity contribution in [2.75, 3.05) is 13.7 Å². The van der Waals surface area contributed by atoms with Gasteiger partial charge in [-0.15, -0.1) is 0 Å². The van der Waals surface area contributed by atoms with Gasteiger partial charge in [-0.05, 0) is 55.4 Å². The summed E-state index contributed by atoms with van der Waals surface area (Å²) < 4.78 is 5.63. The molecule has 0 unspecified atom stereocenters. The molecule has 108 valence electrons. The molecule has 1 atom stereocenters. The molecule has 2 aliphatic carbocycles. The van der Waals surface area contributed by atoms with E-state index in [4.69, 9.17) is 10.5 Å². The Kier molecular flexibility index (Phi) is 3.66. The van der Waals surface area contributed by atoms with E-state index in [0.29, 0.717) is 6.04 Å². The third kappa shape index (κ3) is 2.80. The van der Waals surface area contributed by atoms with Crippen molar-refractivity contribution in [1.29, 1.82) is 0 Å². The van der Waals surface area contributed by atoms with Gasteiger partial charge in [0.1, 0.15) is 5.75 Å². The normalized spacial score (nSPS) is 21.2. The van der Waals surface area contributed by atoms with Crippen LogP contribution in [0, 0.1) is 0 Å². The first-order chi connectivity index (χ1) is 9.65. The number of rotatable bonds is 4. The van der Waals surface area contributed by atoms with E-state index in [0.717, 1.165) is 37.9 Å². The molecule has 0 aromatic heterocycles. The Bertz CT molecular complexity index is 511. The summed E-state index contributed by atoms with van der Waals surface area (Å²) in [7, 11) is 1.85. The molecular weight excluding hydrogens is 252 g/mol. The van der Waals surface area contributed by atoms with Crippen molar-refractivity contribution in [3.8, 4) is 5.75 Å². The Morgan fingerprint density at radius 2 is 2.20 bits per heavy atom. The molecule has 2 N–H and O–H groups in total. The second kappa shape index (κ2) is 5.44. The molecule has 0 aliphatic heterocycles. The highest BCUT2D eigenvalue weighted by molar-refractivity contribution is 5.78. The van der Waals surface area contributed by atoms with Crippen molar-refractivity contribution >= 4 is 5.91 Å². The van der Waals surface area contributed by atoms with Gasteiger partial charge >= 0.3 is 0 Å². The fourth-order valence-corrected chi connectivity index (χ4v) is 2.82. The average molecular weight is 274 g/mol. The SMILES string of the molecule is CN(C(=O)COc1ccc2c(c1)[C@@H](N)CCC2)C1CC1. The van der Waals surface area contributed by atoms with Gasteiger partial charge < -0.3 is 15.4 Å². The molecule has 1 aromatic rings. The van der Waals surface area contributed by atoms with Gasteiger partial charge in [-0.25, -0.2) is 0 Å². The van der Waals surface area contributed by atoms with E-state index in [-0.39, 0.29) is 18.6 Å². The lowest BCUT2D eigenvalue weighted by Crippen LogP contribution is -2.33. The summed E-state index contributed by atoms with van der Waals surface area (Å²) in [5, 5.41) is 0.